The van der Waals surface area contributed by atoms with Crippen LogP contribution in [0.5, 0.6) is 5.75 Å². The van der Waals surface area contributed by atoms with Gasteiger partial charge in [0.25, 0.3) is 5.91 Å². The molecule has 21 heavy (non-hydrogen) atoms. The van der Waals surface area contributed by atoms with Crippen LogP contribution >= 0.6 is 0 Å². The van der Waals surface area contributed by atoms with E-state index in [2.05, 4.69) is 10.6 Å². The molecule has 1 aliphatic rings. The summed E-state index contributed by atoms with van der Waals surface area (Å²) in [5, 5.41) is 18.2. The molecule has 0 aliphatic carbocycles. The molecule has 2 aromatic rings. The minimum atomic E-state index is -0.205. The normalized spacial score (nSPS) is 18.6. The van der Waals surface area contributed by atoms with Gasteiger partial charge in [-0.05, 0) is 43.3 Å². The molecule has 1 amide bonds. The Labute approximate surface area is 124 Å². The van der Waals surface area contributed by atoms with E-state index in [-0.39, 0.29) is 11.7 Å². The molecule has 4 nitrogen and oxygen atoms in total. The highest BCUT2D eigenvalue weighted by molar-refractivity contribution is 6.03. The van der Waals surface area contributed by atoms with Crippen LogP contribution in [0.3, 0.4) is 0 Å². The van der Waals surface area contributed by atoms with E-state index in [0.717, 1.165) is 31.3 Å². The second-order valence-corrected chi connectivity index (χ2v) is 5.61. The van der Waals surface area contributed by atoms with Gasteiger partial charge in [0.05, 0.1) is 5.56 Å². The SMILES string of the molecule is O=C(NCC1CCCNC1)c1ccc2ccccc2c1O. The molecule has 1 unspecified atom stereocenters. The van der Waals surface area contributed by atoms with Crippen LogP contribution in [0.25, 0.3) is 10.8 Å². The van der Waals surface area contributed by atoms with E-state index < -0.39 is 0 Å². The first-order valence-electron chi connectivity index (χ1n) is 7.45. The van der Waals surface area contributed by atoms with Gasteiger partial charge in [0.1, 0.15) is 5.75 Å². The number of rotatable bonds is 3. The summed E-state index contributed by atoms with van der Waals surface area (Å²) in [7, 11) is 0. The predicted molar refractivity (Wildman–Crippen MR) is 83.5 cm³/mol. The van der Waals surface area contributed by atoms with Crippen molar-refractivity contribution < 1.29 is 9.90 Å². The molecule has 1 heterocycles. The number of phenols is 1. The van der Waals surface area contributed by atoms with Crippen molar-refractivity contribution in [2.24, 2.45) is 5.92 Å². The van der Waals surface area contributed by atoms with Crippen molar-refractivity contribution in [1.82, 2.24) is 10.6 Å². The van der Waals surface area contributed by atoms with Crippen LogP contribution < -0.4 is 10.6 Å². The molecular formula is C17H20N2O2. The first-order valence-corrected chi connectivity index (χ1v) is 7.45. The van der Waals surface area contributed by atoms with Crippen molar-refractivity contribution in [3.63, 3.8) is 0 Å². The van der Waals surface area contributed by atoms with Crippen molar-refractivity contribution in [2.45, 2.75) is 12.8 Å². The number of phenolic OH excluding ortho intramolecular Hbond substituents is 1. The molecule has 0 bridgehead atoms. The average Bonchev–Trinajstić information content (AvgIpc) is 2.54. The Morgan fingerprint density at radius 1 is 1.29 bits per heavy atom. The fourth-order valence-electron chi connectivity index (χ4n) is 2.87. The molecule has 110 valence electrons. The number of fused-ring (bicyclic) bond motifs is 1. The minimum Gasteiger partial charge on any atom is -0.506 e. The molecule has 3 rings (SSSR count). The first kappa shape index (κ1) is 13.9. The number of benzene rings is 2. The molecule has 0 radical (unpaired) electrons. The van der Waals surface area contributed by atoms with Gasteiger partial charge >= 0.3 is 0 Å². The van der Waals surface area contributed by atoms with Crippen LogP contribution in [0.2, 0.25) is 0 Å². The highest BCUT2D eigenvalue weighted by Gasteiger charge is 2.17. The summed E-state index contributed by atoms with van der Waals surface area (Å²) in [6.07, 6.45) is 2.29. The van der Waals surface area contributed by atoms with Gasteiger partial charge in [-0.15, -0.1) is 0 Å². The maximum atomic E-state index is 12.3. The van der Waals surface area contributed by atoms with Crippen molar-refractivity contribution in [3.8, 4) is 5.75 Å². The van der Waals surface area contributed by atoms with Gasteiger partial charge in [0.15, 0.2) is 0 Å². The highest BCUT2D eigenvalue weighted by atomic mass is 16.3. The Kier molecular flexibility index (Phi) is 4.06. The largest absolute Gasteiger partial charge is 0.506 e. The lowest BCUT2D eigenvalue weighted by molar-refractivity contribution is 0.0942. The predicted octanol–water partition coefficient (Wildman–Crippen LogP) is 2.27. The Bertz CT molecular complexity index is 648. The first-order chi connectivity index (χ1) is 10.3. The number of hydrogen-bond acceptors (Lipinski definition) is 3. The standard InChI is InChI=1S/C17H20N2O2/c20-16-14-6-2-1-5-13(14)7-8-15(16)17(21)19-11-12-4-3-9-18-10-12/h1-2,5-8,12,18,20H,3-4,9-11H2,(H,19,21). The molecule has 1 saturated heterocycles. The molecule has 3 N–H and O–H groups in total. The van der Waals surface area contributed by atoms with E-state index in [1.54, 1.807) is 6.07 Å². The third kappa shape index (κ3) is 3.00. The van der Waals surface area contributed by atoms with Crippen LogP contribution in [-0.2, 0) is 0 Å². The summed E-state index contributed by atoms with van der Waals surface area (Å²) in [5.74, 6) is 0.335. The summed E-state index contributed by atoms with van der Waals surface area (Å²) >= 11 is 0. The summed E-state index contributed by atoms with van der Waals surface area (Å²) in [5.41, 5.74) is 0.345. The topological polar surface area (TPSA) is 61.4 Å². The Balaban J connectivity index is 1.73. The average molecular weight is 284 g/mol. The molecule has 1 aliphatic heterocycles. The smallest absolute Gasteiger partial charge is 0.255 e. The second kappa shape index (κ2) is 6.14. The lowest BCUT2D eigenvalue weighted by Crippen LogP contribution is -2.38. The van der Waals surface area contributed by atoms with Crippen molar-refractivity contribution >= 4 is 16.7 Å². The monoisotopic (exact) mass is 284 g/mol. The zero-order valence-electron chi connectivity index (χ0n) is 11.9. The lowest BCUT2D eigenvalue weighted by atomic mass is 9.99. The third-order valence-corrected chi connectivity index (χ3v) is 4.10. The number of amides is 1. The van der Waals surface area contributed by atoms with E-state index >= 15 is 0 Å². The van der Waals surface area contributed by atoms with E-state index in [0.29, 0.717) is 23.4 Å². The molecule has 0 spiro atoms. The van der Waals surface area contributed by atoms with Crippen LogP contribution in [0, 0.1) is 5.92 Å². The van der Waals surface area contributed by atoms with Crippen molar-refractivity contribution in [1.29, 1.82) is 0 Å². The van der Waals surface area contributed by atoms with Crippen LogP contribution in [-0.4, -0.2) is 30.6 Å². The number of piperidine rings is 1. The van der Waals surface area contributed by atoms with Crippen molar-refractivity contribution in [2.75, 3.05) is 19.6 Å². The highest BCUT2D eigenvalue weighted by Crippen LogP contribution is 2.28. The molecule has 0 aromatic heterocycles. The molecular weight excluding hydrogens is 264 g/mol. The summed E-state index contributed by atoms with van der Waals surface area (Å²) in [6.45, 7) is 2.66. The molecule has 2 aromatic carbocycles. The summed E-state index contributed by atoms with van der Waals surface area (Å²) in [6, 6.07) is 11.1. The summed E-state index contributed by atoms with van der Waals surface area (Å²) in [4.78, 5) is 12.3. The van der Waals surface area contributed by atoms with Gasteiger partial charge in [-0.2, -0.15) is 0 Å². The van der Waals surface area contributed by atoms with Crippen molar-refractivity contribution in [3.05, 3.63) is 42.0 Å². The molecule has 1 fully saturated rings. The number of hydrogen-bond donors (Lipinski definition) is 3. The Morgan fingerprint density at radius 2 is 2.14 bits per heavy atom. The van der Waals surface area contributed by atoms with Gasteiger partial charge in [0.2, 0.25) is 0 Å². The van der Waals surface area contributed by atoms with Crippen LogP contribution in [0.15, 0.2) is 36.4 Å². The second-order valence-electron chi connectivity index (χ2n) is 5.61. The van der Waals surface area contributed by atoms with E-state index in [1.165, 1.54) is 0 Å². The van der Waals surface area contributed by atoms with Gasteiger partial charge < -0.3 is 15.7 Å². The maximum absolute atomic E-state index is 12.3. The Morgan fingerprint density at radius 3 is 2.95 bits per heavy atom. The van der Waals surface area contributed by atoms with Gasteiger partial charge in [-0.3, -0.25) is 4.79 Å². The van der Waals surface area contributed by atoms with E-state index in [4.69, 9.17) is 0 Å². The van der Waals surface area contributed by atoms with Crippen LogP contribution in [0.1, 0.15) is 23.2 Å². The zero-order chi connectivity index (χ0) is 14.7. The zero-order valence-corrected chi connectivity index (χ0v) is 11.9. The molecule has 1 atom stereocenters. The van der Waals surface area contributed by atoms with Gasteiger partial charge in [-0.25, -0.2) is 0 Å². The fraction of sp³-hybridized carbons (Fsp3) is 0.353. The Hall–Kier alpha value is -2.07. The van der Waals surface area contributed by atoms with Crippen LogP contribution in [0.4, 0.5) is 0 Å². The number of nitrogens with one attached hydrogen (secondary N) is 2. The maximum Gasteiger partial charge on any atom is 0.255 e. The fourth-order valence-corrected chi connectivity index (χ4v) is 2.87. The number of carbonyl (C=O) groups excluding carboxylic acids is 1. The summed E-state index contributed by atoms with van der Waals surface area (Å²) < 4.78 is 0. The van der Waals surface area contributed by atoms with E-state index in [1.807, 2.05) is 30.3 Å². The van der Waals surface area contributed by atoms with Gasteiger partial charge in [-0.1, -0.05) is 30.3 Å². The van der Waals surface area contributed by atoms with Gasteiger partial charge in [0, 0.05) is 11.9 Å². The number of carbonyl (C=O) groups is 1. The molecule has 4 heteroatoms. The molecule has 0 saturated carbocycles. The minimum absolute atomic E-state index is 0.0624. The third-order valence-electron chi connectivity index (χ3n) is 4.10. The lowest BCUT2D eigenvalue weighted by Gasteiger charge is -2.23. The number of aromatic hydroxyl groups is 1. The quantitative estimate of drug-likeness (QED) is 0.810. The van der Waals surface area contributed by atoms with E-state index in [9.17, 15) is 9.90 Å².